The van der Waals surface area contributed by atoms with Crippen molar-refractivity contribution in [3.63, 3.8) is 0 Å². The van der Waals surface area contributed by atoms with Crippen LogP contribution >= 0.6 is 0 Å². The van der Waals surface area contributed by atoms with Gasteiger partial charge in [-0.25, -0.2) is 8.42 Å². The first-order valence-electron chi connectivity index (χ1n) is 12.5. The summed E-state index contributed by atoms with van der Waals surface area (Å²) in [4.78, 5) is 15.6. The van der Waals surface area contributed by atoms with Gasteiger partial charge in [-0.15, -0.1) is 0 Å². The fourth-order valence-corrected chi connectivity index (χ4v) is 6.70. The van der Waals surface area contributed by atoms with E-state index in [1.807, 2.05) is 19.1 Å². The zero-order chi connectivity index (χ0) is 24.4. The zero-order valence-corrected chi connectivity index (χ0v) is 20.9. The van der Waals surface area contributed by atoms with Crippen LogP contribution in [0.5, 0.6) is 11.5 Å². The number of rotatable bonds is 6. The number of nitrogens with one attached hydrogen (secondary N) is 1. The Bertz CT molecular complexity index is 1160. The number of amides is 1. The van der Waals surface area contributed by atoms with E-state index in [9.17, 15) is 13.2 Å². The first kappa shape index (κ1) is 24.1. The van der Waals surface area contributed by atoms with Crippen LogP contribution in [0, 0.1) is 0 Å². The predicted octanol–water partition coefficient (Wildman–Crippen LogP) is 3.80. The molecule has 2 atom stereocenters. The highest BCUT2D eigenvalue weighted by molar-refractivity contribution is 7.89. The molecule has 3 aliphatic heterocycles. The van der Waals surface area contributed by atoms with Crippen molar-refractivity contribution in [2.24, 2.45) is 0 Å². The molecule has 8 nitrogen and oxygen atoms in total. The number of nitrogens with zero attached hydrogens (tertiary/aromatic N) is 2. The molecule has 0 aromatic heterocycles. The van der Waals surface area contributed by atoms with Crippen LogP contribution in [0.25, 0.3) is 0 Å². The monoisotopic (exact) mass is 499 g/mol. The quantitative estimate of drug-likeness (QED) is 0.651. The van der Waals surface area contributed by atoms with E-state index in [1.54, 1.807) is 24.3 Å². The van der Waals surface area contributed by atoms with Crippen molar-refractivity contribution in [3.8, 4) is 11.5 Å². The number of carbonyl (C=O) groups excluding carboxylic acids is 1. The molecule has 2 aromatic rings. The summed E-state index contributed by atoms with van der Waals surface area (Å²) in [5.74, 6) is 1.44. The van der Waals surface area contributed by atoms with E-state index < -0.39 is 10.0 Å². The van der Waals surface area contributed by atoms with E-state index in [2.05, 4.69) is 16.3 Å². The Labute approximate surface area is 207 Å². The Balaban J connectivity index is 1.25. The number of carbonyl (C=O) groups is 1. The van der Waals surface area contributed by atoms with Crippen LogP contribution in [0.1, 0.15) is 50.6 Å². The summed E-state index contributed by atoms with van der Waals surface area (Å²) in [5, 5.41) is 2.96. The highest BCUT2D eigenvalue weighted by atomic mass is 32.2. The molecule has 9 heteroatoms. The van der Waals surface area contributed by atoms with E-state index in [-0.39, 0.29) is 22.9 Å². The average Bonchev–Trinajstić information content (AvgIpc) is 3.53. The highest BCUT2D eigenvalue weighted by Crippen LogP contribution is 2.39. The maximum absolute atomic E-state index is 13.1. The number of hydrogen-bond donors (Lipinski definition) is 1. The normalized spacial score (nSPS) is 22.0. The van der Waals surface area contributed by atoms with E-state index in [0.29, 0.717) is 32.0 Å². The van der Waals surface area contributed by atoms with Gasteiger partial charge in [0.2, 0.25) is 15.9 Å². The Morgan fingerprint density at radius 3 is 2.40 bits per heavy atom. The molecule has 2 aromatic carbocycles. The van der Waals surface area contributed by atoms with Crippen LogP contribution < -0.4 is 14.8 Å². The van der Waals surface area contributed by atoms with E-state index in [4.69, 9.17) is 9.47 Å². The van der Waals surface area contributed by atoms with Gasteiger partial charge in [-0.05, 0) is 81.1 Å². The fraction of sp³-hybridized carbons (Fsp3) is 0.500. The lowest BCUT2D eigenvalue weighted by Crippen LogP contribution is -2.41. The van der Waals surface area contributed by atoms with Crippen molar-refractivity contribution in [1.29, 1.82) is 0 Å². The summed E-state index contributed by atoms with van der Waals surface area (Å²) in [5.41, 5.74) is 1.72. The predicted molar refractivity (Wildman–Crippen MR) is 133 cm³/mol. The van der Waals surface area contributed by atoms with Gasteiger partial charge in [-0.2, -0.15) is 4.31 Å². The van der Waals surface area contributed by atoms with Crippen molar-refractivity contribution in [2.45, 2.75) is 56.0 Å². The molecule has 3 heterocycles. The van der Waals surface area contributed by atoms with Gasteiger partial charge in [0.25, 0.3) is 0 Å². The number of benzene rings is 2. The third-order valence-electron chi connectivity index (χ3n) is 7.15. The standard InChI is InChI=1S/C26H33N3O5S/c1-19(26(30)27-21-8-10-22(11-9-21)35(31,32)28-13-2-3-14-28)29-15-4-6-23(29)20-7-12-24-25(18-20)34-17-5-16-33-24/h7-12,18-19,23H,2-6,13-17H2,1H3,(H,27,30)/t19-,23-/m0/s1. The number of sulfonamides is 1. The molecular weight excluding hydrogens is 466 g/mol. The summed E-state index contributed by atoms with van der Waals surface area (Å²) in [6.07, 6.45) is 4.64. The lowest BCUT2D eigenvalue weighted by Gasteiger charge is -2.30. The molecule has 0 unspecified atom stereocenters. The molecule has 0 radical (unpaired) electrons. The highest BCUT2D eigenvalue weighted by Gasteiger charge is 2.34. The van der Waals surface area contributed by atoms with E-state index >= 15 is 0 Å². The Morgan fingerprint density at radius 2 is 1.66 bits per heavy atom. The molecule has 2 fully saturated rings. The maximum atomic E-state index is 13.1. The lowest BCUT2D eigenvalue weighted by atomic mass is 10.0. The third-order valence-corrected chi connectivity index (χ3v) is 9.06. The molecular formula is C26H33N3O5S. The lowest BCUT2D eigenvalue weighted by molar-refractivity contribution is -0.121. The first-order chi connectivity index (χ1) is 16.9. The van der Waals surface area contributed by atoms with Gasteiger partial charge in [-0.3, -0.25) is 9.69 Å². The van der Waals surface area contributed by atoms with E-state index in [0.717, 1.165) is 55.7 Å². The molecule has 1 amide bonds. The largest absolute Gasteiger partial charge is 0.490 e. The summed E-state index contributed by atoms with van der Waals surface area (Å²) in [7, 11) is -3.47. The summed E-state index contributed by atoms with van der Waals surface area (Å²) in [6.45, 7) is 5.19. The van der Waals surface area contributed by atoms with Crippen LogP contribution in [-0.2, 0) is 14.8 Å². The summed E-state index contributed by atoms with van der Waals surface area (Å²) < 4.78 is 38.6. The first-order valence-corrected chi connectivity index (χ1v) is 13.9. The minimum Gasteiger partial charge on any atom is -0.490 e. The molecule has 0 saturated carbocycles. The zero-order valence-electron chi connectivity index (χ0n) is 20.1. The number of anilines is 1. The minimum atomic E-state index is -3.47. The van der Waals surface area contributed by atoms with Gasteiger partial charge in [0, 0.05) is 31.2 Å². The second kappa shape index (κ2) is 10.2. The molecule has 3 aliphatic rings. The average molecular weight is 500 g/mol. The number of fused-ring (bicyclic) bond motifs is 1. The Hall–Kier alpha value is -2.62. The van der Waals surface area contributed by atoms with Gasteiger partial charge in [0.15, 0.2) is 11.5 Å². The third kappa shape index (κ3) is 5.03. The summed E-state index contributed by atoms with van der Waals surface area (Å²) in [6, 6.07) is 12.3. The van der Waals surface area contributed by atoms with Crippen molar-refractivity contribution in [2.75, 3.05) is 38.2 Å². The second-order valence-corrected chi connectivity index (χ2v) is 11.4. The van der Waals surface area contributed by atoms with Gasteiger partial charge < -0.3 is 14.8 Å². The van der Waals surface area contributed by atoms with Gasteiger partial charge in [-0.1, -0.05) is 6.07 Å². The van der Waals surface area contributed by atoms with Crippen molar-refractivity contribution in [3.05, 3.63) is 48.0 Å². The van der Waals surface area contributed by atoms with Crippen LogP contribution in [0.2, 0.25) is 0 Å². The van der Waals surface area contributed by atoms with E-state index in [1.165, 1.54) is 4.31 Å². The van der Waals surface area contributed by atoms with Crippen LogP contribution in [0.3, 0.4) is 0 Å². The van der Waals surface area contributed by atoms with Crippen LogP contribution in [0.4, 0.5) is 5.69 Å². The molecule has 0 bridgehead atoms. The molecule has 5 rings (SSSR count). The smallest absolute Gasteiger partial charge is 0.243 e. The minimum absolute atomic E-state index is 0.110. The Morgan fingerprint density at radius 1 is 0.943 bits per heavy atom. The van der Waals surface area contributed by atoms with Gasteiger partial charge in [0.05, 0.1) is 24.2 Å². The molecule has 2 saturated heterocycles. The van der Waals surface area contributed by atoms with Crippen molar-refractivity contribution in [1.82, 2.24) is 9.21 Å². The SMILES string of the molecule is C[C@@H](C(=O)Nc1ccc(S(=O)(=O)N2CCCC2)cc1)N1CCC[C@H]1c1ccc2c(c1)OCCCO2. The van der Waals surface area contributed by atoms with Crippen molar-refractivity contribution >= 4 is 21.6 Å². The van der Waals surface area contributed by atoms with Crippen LogP contribution in [0.15, 0.2) is 47.4 Å². The molecule has 0 spiro atoms. The number of ether oxygens (including phenoxy) is 2. The molecule has 35 heavy (non-hydrogen) atoms. The molecule has 188 valence electrons. The van der Waals surface area contributed by atoms with Gasteiger partial charge >= 0.3 is 0 Å². The number of hydrogen-bond acceptors (Lipinski definition) is 6. The Kier molecular flexibility index (Phi) is 7.00. The maximum Gasteiger partial charge on any atom is 0.243 e. The number of likely N-dealkylation sites (tertiary alicyclic amines) is 1. The van der Waals surface area contributed by atoms with Crippen molar-refractivity contribution < 1.29 is 22.7 Å². The second-order valence-electron chi connectivity index (χ2n) is 9.45. The topological polar surface area (TPSA) is 88.2 Å². The summed E-state index contributed by atoms with van der Waals surface area (Å²) >= 11 is 0. The van der Waals surface area contributed by atoms with Crippen LogP contribution in [-0.4, -0.2) is 62.4 Å². The fourth-order valence-electron chi connectivity index (χ4n) is 5.18. The molecule has 1 N–H and O–H groups in total. The van der Waals surface area contributed by atoms with Gasteiger partial charge in [0.1, 0.15) is 0 Å². The molecule has 0 aliphatic carbocycles.